The van der Waals surface area contributed by atoms with Crippen LogP contribution in [-0.4, -0.2) is 10.9 Å². The minimum atomic E-state index is -0.228. The fourth-order valence-electron chi connectivity index (χ4n) is 4.63. The van der Waals surface area contributed by atoms with E-state index in [1.54, 1.807) is 12.1 Å². The summed E-state index contributed by atoms with van der Waals surface area (Å²) in [6, 6.07) is 14.4. The molecule has 1 aromatic heterocycles. The van der Waals surface area contributed by atoms with E-state index in [1.165, 1.54) is 11.6 Å². The van der Waals surface area contributed by atoms with E-state index in [0.717, 1.165) is 42.1 Å². The van der Waals surface area contributed by atoms with Crippen LogP contribution in [0.1, 0.15) is 49.7 Å². The van der Waals surface area contributed by atoms with E-state index in [2.05, 4.69) is 10.3 Å². The lowest BCUT2D eigenvalue weighted by Gasteiger charge is -2.32. The fraction of sp³-hybridized carbons (Fsp3) is 0.360. The number of hydrogen-bond acceptors (Lipinski definition) is 2. The molecule has 1 amide bonds. The van der Waals surface area contributed by atoms with Gasteiger partial charge in [0.1, 0.15) is 5.82 Å². The van der Waals surface area contributed by atoms with Crippen LogP contribution in [0.5, 0.6) is 0 Å². The number of amides is 1. The number of halogens is 2. The number of aromatic nitrogens is 1. The number of rotatable bonds is 5. The van der Waals surface area contributed by atoms with E-state index in [4.69, 9.17) is 11.6 Å². The summed E-state index contributed by atoms with van der Waals surface area (Å²) in [6.45, 7) is 2.47. The third-order valence-corrected chi connectivity index (χ3v) is 6.85. The molecular weight excluding hydrogens is 399 g/mol. The number of benzene rings is 2. The molecule has 1 N–H and O–H groups in total. The molecule has 5 heteroatoms. The van der Waals surface area contributed by atoms with Crippen LogP contribution in [0.2, 0.25) is 5.02 Å². The normalized spacial score (nSPS) is 20.1. The van der Waals surface area contributed by atoms with Gasteiger partial charge in [0, 0.05) is 29.1 Å². The topological polar surface area (TPSA) is 42.0 Å². The predicted octanol–water partition coefficient (Wildman–Crippen LogP) is 6.25. The van der Waals surface area contributed by atoms with Crippen LogP contribution in [0.4, 0.5) is 4.39 Å². The second-order valence-corrected chi connectivity index (χ2v) is 8.68. The first kappa shape index (κ1) is 20.8. The molecule has 156 valence electrons. The maximum Gasteiger partial charge on any atom is 0.223 e. The van der Waals surface area contributed by atoms with Crippen molar-refractivity contribution in [1.29, 1.82) is 0 Å². The molecule has 0 unspecified atom stereocenters. The molecule has 3 nitrogen and oxygen atoms in total. The fourth-order valence-corrected chi connectivity index (χ4v) is 4.83. The highest BCUT2D eigenvalue weighted by Crippen LogP contribution is 2.40. The first-order valence-electron chi connectivity index (χ1n) is 10.6. The Hall–Kier alpha value is -2.46. The molecule has 0 radical (unpaired) electrons. The summed E-state index contributed by atoms with van der Waals surface area (Å²) in [5.74, 6) is 0.549. The molecule has 3 aromatic rings. The van der Waals surface area contributed by atoms with Crippen molar-refractivity contribution in [2.75, 3.05) is 0 Å². The maximum absolute atomic E-state index is 13.8. The molecule has 0 bridgehead atoms. The number of fused-ring (bicyclic) bond motifs is 1. The minimum absolute atomic E-state index is 0.0416. The molecule has 30 heavy (non-hydrogen) atoms. The molecule has 2 aromatic carbocycles. The summed E-state index contributed by atoms with van der Waals surface area (Å²) < 4.78 is 13.8. The standard InChI is InChI=1S/C25H26ClFN2O/c1-16(25(30)29-15-19-4-2-3-5-23(19)26)17-6-8-18(9-7-17)21-12-13-28-24-11-10-20(27)14-22(21)24/h2-5,10-14,16-18H,6-9,15H2,1H3,(H,29,30)/t16-,17?,18?/m1/s1. The first-order valence-corrected chi connectivity index (χ1v) is 11.0. The molecule has 1 fully saturated rings. The molecule has 1 aliphatic carbocycles. The minimum Gasteiger partial charge on any atom is -0.352 e. The van der Waals surface area contributed by atoms with Crippen molar-refractivity contribution >= 4 is 28.4 Å². The smallest absolute Gasteiger partial charge is 0.223 e. The Morgan fingerprint density at radius 3 is 2.70 bits per heavy atom. The van der Waals surface area contributed by atoms with Gasteiger partial charge in [0.05, 0.1) is 5.52 Å². The van der Waals surface area contributed by atoms with Crippen molar-refractivity contribution < 1.29 is 9.18 Å². The summed E-state index contributed by atoms with van der Waals surface area (Å²) in [5.41, 5.74) is 2.94. The van der Waals surface area contributed by atoms with E-state index in [0.29, 0.717) is 23.4 Å². The van der Waals surface area contributed by atoms with E-state index in [-0.39, 0.29) is 17.6 Å². The number of carbonyl (C=O) groups is 1. The van der Waals surface area contributed by atoms with Gasteiger partial charge >= 0.3 is 0 Å². The van der Waals surface area contributed by atoms with E-state index < -0.39 is 0 Å². The van der Waals surface area contributed by atoms with Gasteiger partial charge in [-0.15, -0.1) is 0 Å². The number of nitrogens with zero attached hydrogens (tertiary/aromatic N) is 1. The van der Waals surface area contributed by atoms with E-state index in [1.807, 2.05) is 43.5 Å². The Morgan fingerprint density at radius 2 is 1.93 bits per heavy atom. The quantitative estimate of drug-likeness (QED) is 0.525. The zero-order chi connectivity index (χ0) is 21.1. The Morgan fingerprint density at radius 1 is 1.17 bits per heavy atom. The summed E-state index contributed by atoms with van der Waals surface area (Å²) in [4.78, 5) is 17.1. The molecule has 4 rings (SSSR count). The SMILES string of the molecule is C[C@@H](C(=O)NCc1ccccc1Cl)C1CCC(c2ccnc3ccc(F)cc23)CC1. The van der Waals surface area contributed by atoms with Crippen molar-refractivity contribution in [3.8, 4) is 0 Å². The van der Waals surface area contributed by atoms with Crippen LogP contribution in [0.25, 0.3) is 10.9 Å². The molecule has 1 saturated carbocycles. The van der Waals surface area contributed by atoms with Crippen molar-refractivity contribution in [2.24, 2.45) is 11.8 Å². The average molecular weight is 425 g/mol. The zero-order valence-corrected chi connectivity index (χ0v) is 17.8. The summed E-state index contributed by atoms with van der Waals surface area (Å²) in [5, 5.41) is 4.62. The summed E-state index contributed by atoms with van der Waals surface area (Å²) in [7, 11) is 0. The largest absolute Gasteiger partial charge is 0.352 e. The van der Waals surface area contributed by atoms with Crippen LogP contribution in [0.15, 0.2) is 54.7 Å². The first-order chi connectivity index (χ1) is 14.5. The molecule has 0 saturated heterocycles. The van der Waals surface area contributed by atoms with E-state index >= 15 is 0 Å². The van der Waals surface area contributed by atoms with Crippen LogP contribution in [0.3, 0.4) is 0 Å². The van der Waals surface area contributed by atoms with Gasteiger partial charge in [-0.25, -0.2) is 4.39 Å². The average Bonchev–Trinajstić information content (AvgIpc) is 2.77. The highest BCUT2D eigenvalue weighted by Gasteiger charge is 2.30. The molecule has 0 spiro atoms. The second-order valence-electron chi connectivity index (χ2n) is 8.27. The second kappa shape index (κ2) is 9.13. The lowest BCUT2D eigenvalue weighted by Crippen LogP contribution is -2.34. The van der Waals surface area contributed by atoms with Gasteiger partial charge in [-0.2, -0.15) is 0 Å². The number of pyridine rings is 1. The van der Waals surface area contributed by atoms with Gasteiger partial charge in [-0.05, 0) is 79.0 Å². The molecule has 1 aliphatic rings. The van der Waals surface area contributed by atoms with Crippen LogP contribution >= 0.6 is 11.6 Å². The van der Waals surface area contributed by atoms with Gasteiger partial charge in [0.2, 0.25) is 5.91 Å². The Balaban J connectivity index is 1.37. The van der Waals surface area contributed by atoms with Gasteiger partial charge in [-0.3, -0.25) is 9.78 Å². The Labute approximate surface area is 181 Å². The molecule has 1 heterocycles. The highest BCUT2D eigenvalue weighted by atomic mass is 35.5. The third kappa shape index (κ3) is 4.49. The van der Waals surface area contributed by atoms with Crippen molar-refractivity contribution in [3.05, 3.63) is 76.7 Å². The third-order valence-electron chi connectivity index (χ3n) is 6.48. The number of hydrogen-bond donors (Lipinski definition) is 1. The molecular formula is C25H26ClFN2O. The zero-order valence-electron chi connectivity index (χ0n) is 17.1. The van der Waals surface area contributed by atoms with Gasteiger partial charge in [0.15, 0.2) is 0 Å². The Kier molecular flexibility index (Phi) is 6.33. The maximum atomic E-state index is 13.8. The predicted molar refractivity (Wildman–Crippen MR) is 119 cm³/mol. The van der Waals surface area contributed by atoms with Crippen molar-refractivity contribution in [3.63, 3.8) is 0 Å². The van der Waals surface area contributed by atoms with E-state index in [9.17, 15) is 9.18 Å². The summed E-state index contributed by atoms with van der Waals surface area (Å²) >= 11 is 6.18. The van der Waals surface area contributed by atoms with Crippen LogP contribution < -0.4 is 5.32 Å². The van der Waals surface area contributed by atoms with Crippen LogP contribution in [-0.2, 0) is 11.3 Å². The van der Waals surface area contributed by atoms with Gasteiger partial charge in [0.25, 0.3) is 0 Å². The number of carbonyl (C=O) groups excluding carboxylic acids is 1. The van der Waals surface area contributed by atoms with Crippen molar-refractivity contribution in [2.45, 2.75) is 45.1 Å². The van der Waals surface area contributed by atoms with Gasteiger partial charge < -0.3 is 5.32 Å². The van der Waals surface area contributed by atoms with Crippen LogP contribution in [0, 0.1) is 17.7 Å². The molecule has 1 atom stereocenters. The lowest BCUT2D eigenvalue weighted by atomic mass is 9.73. The van der Waals surface area contributed by atoms with Gasteiger partial charge in [-0.1, -0.05) is 36.7 Å². The molecule has 0 aliphatic heterocycles. The monoisotopic (exact) mass is 424 g/mol. The Bertz CT molecular complexity index is 1050. The lowest BCUT2D eigenvalue weighted by molar-refractivity contribution is -0.126. The highest BCUT2D eigenvalue weighted by molar-refractivity contribution is 6.31. The number of nitrogens with one attached hydrogen (secondary N) is 1. The van der Waals surface area contributed by atoms with Crippen molar-refractivity contribution in [1.82, 2.24) is 10.3 Å². The summed E-state index contributed by atoms with van der Waals surface area (Å²) in [6.07, 6.45) is 5.80.